The van der Waals surface area contributed by atoms with Crippen molar-refractivity contribution < 1.29 is 67.9 Å². The van der Waals surface area contributed by atoms with E-state index in [0.717, 1.165) is 5.56 Å². The number of urea groups is 1. The first-order valence-electron chi connectivity index (χ1n) is 25.7. The summed E-state index contributed by atoms with van der Waals surface area (Å²) in [6.45, 7) is 1.82. The Morgan fingerprint density at radius 3 is 2.06 bits per heavy atom. The van der Waals surface area contributed by atoms with Crippen LogP contribution in [0.15, 0.2) is 84.9 Å². The molecule has 23 heteroatoms. The van der Waals surface area contributed by atoms with Gasteiger partial charge in [0, 0.05) is 86.2 Å². The number of thiocarbonyl (C=S) groups is 1. The number of carbonyl (C=O) groups excluding carboxylic acids is 8. The number of nitrogens with two attached hydrogens (primary N) is 1. The topological polar surface area (TPSA) is 334 Å². The number of carboxylic acids is 1. The number of benzene rings is 4. The molecular weight excluding hydrogens is 1030 g/mol. The molecule has 0 aromatic heterocycles. The molecule has 0 bridgehead atoms. The Balaban J connectivity index is 0.940. The summed E-state index contributed by atoms with van der Waals surface area (Å²) in [5, 5.41) is 46.5. The summed E-state index contributed by atoms with van der Waals surface area (Å²) in [4.78, 5) is 119. The van der Waals surface area contributed by atoms with Crippen molar-refractivity contribution >= 4 is 76.2 Å². The van der Waals surface area contributed by atoms with E-state index in [-0.39, 0.29) is 110 Å². The summed E-state index contributed by atoms with van der Waals surface area (Å²) in [7, 11) is 0. The summed E-state index contributed by atoms with van der Waals surface area (Å²) in [5.41, 5.74) is 6.68. The molecule has 1 saturated heterocycles. The third-order valence-corrected chi connectivity index (χ3v) is 13.9. The fourth-order valence-electron chi connectivity index (χ4n) is 9.84. The van der Waals surface area contributed by atoms with Crippen LogP contribution in [0.3, 0.4) is 0 Å². The van der Waals surface area contributed by atoms with Gasteiger partial charge in [0.15, 0.2) is 22.3 Å². The number of aryl methyl sites for hydroxylation is 1. The van der Waals surface area contributed by atoms with E-state index in [1.165, 1.54) is 29.2 Å². The van der Waals surface area contributed by atoms with E-state index < -0.39 is 83.6 Å². The summed E-state index contributed by atoms with van der Waals surface area (Å²) in [5.74, 6) is -4.84. The molecular formula is C55H62N8O14S. The molecule has 3 aliphatic rings. The number of rotatable bonds is 25. The third-order valence-electron chi connectivity index (χ3n) is 13.7. The van der Waals surface area contributed by atoms with Crippen LogP contribution >= 0.6 is 12.2 Å². The van der Waals surface area contributed by atoms with Crippen molar-refractivity contribution in [2.45, 2.75) is 114 Å². The number of amides is 6. The molecule has 412 valence electrons. The number of Topliss-reactive ketones (excluding diaryl/α,β-unsaturated/α-hetero) is 2. The van der Waals surface area contributed by atoms with Gasteiger partial charge in [-0.25, -0.2) is 9.59 Å². The number of hydrogen-bond donors (Lipinski definition) is 10. The number of ether oxygens (including phenoxy) is 2. The smallest absolute Gasteiger partial charge is 0.340 e. The SMILES string of the molecule is CCC(=O)[C@H](CCc1ccccc1)NC(=O)CCC(=O)[C@H](CCCNC(N)=O)NC(=O)[C@@H]1CCCN1C(=O)[C@H](CCC(=O)O)NC(=O)CCNC(=S)Nc1ccc2c(c1)C(=O)OC21c2ccc(O)cc2Oc2cc(O)ccc21. The van der Waals surface area contributed by atoms with Gasteiger partial charge in [0.05, 0.1) is 17.6 Å². The van der Waals surface area contributed by atoms with Gasteiger partial charge in [0.2, 0.25) is 23.6 Å². The van der Waals surface area contributed by atoms with Crippen LogP contribution < -0.4 is 42.4 Å². The minimum atomic E-state index is -1.47. The number of fused-ring (bicyclic) bond motifs is 6. The number of carboxylic acid groups (broad SMARTS) is 1. The van der Waals surface area contributed by atoms with Crippen molar-refractivity contribution in [3.63, 3.8) is 0 Å². The molecule has 0 aliphatic carbocycles. The van der Waals surface area contributed by atoms with Gasteiger partial charge in [-0.15, -0.1) is 0 Å². The van der Waals surface area contributed by atoms with E-state index in [1.54, 1.807) is 37.3 Å². The van der Waals surface area contributed by atoms with Gasteiger partial charge in [-0.1, -0.05) is 43.3 Å². The fourth-order valence-corrected chi connectivity index (χ4v) is 10.1. The Kier molecular flexibility index (Phi) is 19.0. The number of ketones is 2. The van der Waals surface area contributed by atoms with Crippen molar-refractivity contribution in [1.29, 1.82) is 0 Å². The van der Waals surface area contributed by atoms with Crippen molar-refractivity contribution in [1.82, 2.24) is 31.5 Å². The number of likely N-dealkylation sites (tertiary alicyclic amines) is 1. The maximum atomic E-state index is 14.1. The highest BCUT2D eigenvalue weighted by molar-refractivity contribution is 7.80. The number of phenolic OH excluding ortho intramolecular Hbond substituents is 2. The van der Waals surface area contributed by atoms with Gasteiger partial charge < -0.3 is 67.3 Å². The predicted molar refractivity (Wildman–Crippen MR) is 285 cm³/mol. The zero-order chi connectivity index (χ0) is 56.1. The van der Waals surface area contributed by atoms with Crippen molar-refractivity contribution in [2.75, 3.05) is 25.0 Å². The summed E-state index contributed by atoms with van der Waals surface area (Å²) >= 11 is 5.49. The minimum Gasteiger partial charge on any atom is -0.508 e. The Hall–Kier alpha value is -8.60. The zero-order valence-electron chi connectivity index (χ0n) is 42.8. The molecule has 1 fully saturated rings. The number of phenols is 2. The van der Waals surface area contributed by atoms with Crippen LogP contribution in [0.5, 0.6) is 23.0 Å². The molecule has 0 radical (unpaired) electrons. The van der Waals surface area contributed by atoms with Gasteiger partial charge in [0.1, 0.15) is 35.1 Å². The molecule has 0 unspecified atom stereocenters. The van der Waals surface area contributed by atoms with E-state index in [0.29, 0.717) is 41.6 Å². The molecule has 3 heterocycles. The normalized spacial score (nSPS) is 15.6. The van der Waals surface area contributed by atoms with Crippen LogP contribution in [0.1, 0.15) is 110 Å². The Morgan fingerprint density at radius 1 is 0.744 bits per heavy atom. The van der Waals surface area contributed by atoms with Crippen molar-refractivity contribution in [2.24, 2.45) is 5.73 Å². The number of esters is 1. The average molecular weight is 1090 g/mol. The Morgan fingerprint density at radius 2 is 1.40 bits per heavy atom. The Labute approximate surface area is 454 Å². The van der Waals surface area contributed by atoms with Crippen LogP contribution in [-0.4, -0.2) is 122 Å². The number of aliphatic carboxylic acids is 1. The van der Waals surface area contributed by atoms with Gasteiger partial charge in [-0.3, -0.25) is 33.6 Å². The van der Waals surface area contributed by atoms with E-state index in [9.17, 15) is 58.5 Å². The monoisotopic (exact) mass is 1090 g/mol. The van der Waals surface area contributed by atoms with Crippen LogP contribution in [0.2, 0.25) is 0 Å². The highest BCUT2D eigenvalue weighted by Gasteiger charge is 2.54. The lowest BCUT2D eigenvalue weighted by Gasteiger charge is -2.36. The number of primary amides is 1. The summed E-state index contributed by atoms with van der Waals surface area (Å²) < 4.78 is 12.1. The molecule has 0 saturated carbocycles. The van der Waals surface area contributed by atoms with Crippen LogP contribution in [0.25, 0.3) is 0 Å². The number of nitrogens with one attached hydrogen (secondary N) is 6. The van der Waals surface area contributed by atoms with E-state index in [1.807, 2.05) is 30.3 Å². The molecule has 3 aliphatic heterocycles. The number of nitrogens with zero attached hydrogens (tertiary/aromatic N) is 1. The number of anilines is 1. The quantitative estimate of drug-likeness (QED) is 0.0254. The van der Waals surface area contributed by atoms with E-state index in [4.69, 9.17) is 27.4 Å². The maximum Gasteiger partial charge on any atom is 0.340 e. The molecule has 6 amide bonds. The molecule has 7 rings (SSSR count). The summed E-state index contributed by atoms with van der Waals surface area (Å²) in [6.07, 6.45) is 0.303. The standard InChI is InChI=1S/C55H62N8O14S/c1-2-43(66)40(19-12-31-8-4-3-5-9-31)60-47(68)22-21-44(67)39(10-6-25-57-53(56)75)62-50(72)42-11-7-27-63(42)51(73)41(20-23-49(70)71)61-48(69)24-26-58-54(78)59-32-13-16-36-35(28-32)52(74)77-55(36)37-17-14-33(64)29-45(37)76-46-30-34(65)15-18-38(46)55/h3-5,8-9,13-18,28-30,39-42,64-65H,2,6-7,10-12,19-27H2,1H3,(H,60,68)(H,61,69)(H,62,72)(H,70,71)(H3,56,57,75)(H2,58,59,78)/t39-,40-,41-,42-/m0/s1. The van der Waals surface area contributed by atoms with Crippen LogP contribution in [0.4, 0.5) is 10.5 Å². The number of aromatic hydroxyl groups is 2. The molecule has 1 spiro atoms. The summed E-state index contributed by atoms with van der Waals surface area (Å²) in [6, 6.07) is 18.0. The fraction of sp³-hybridized carbons (Fsp3) is 0.382. The van der Waals surface area contributed by atoms with E-state index in [2.05, 4.69) is 31.9 Å². The van der Waals surface area contributed by atoms with Gasteiger partial charge in [-0.05, 0) is 99.1 Å². The highest BCUT2D eigenvalue weighted by atomic mass is 32.1. The zero-order valence-corrected chi connectivity index (χ0v) is 43.6. The predicted octanol–water partition coefficient (Wildman–Crippen LogP) is 4.06. The lowest BCUT2D eigenvalue weighted by molar-refractivity contribution is -0.143. The minimum absolute atomic E-state index is 0.0375. The lowest BCUT2D eigenvalue weighted by Crippen LogP contribution is -2.55. The third kappa shape index (κ3) is 14.1. The molecule has 78 heavy (non-hydrogen) atoms. The van der Waals surface area contributed by atoms with Gasteiger partial charge >= 0.3 is 18.0 Å². The molecule has 4 aromatic rings. The average Bonchev–Trinajstić information content (AvgIpc) is 4.13. The second-order valence-electron chi connectivity index (χ2n) is 19.1. The number of carbonyl (C=O) groups is 9. The molecule has 4 atom stereocenters. The highest BCUT2D eigenvalue weighted by Crippen LogP contribution is 2.57. The molecule has 4 aromatic carbocycles. The maximum absolute atomic E-state index is 14.1. The van der Waals surface area contributed by atoms with Crippen LogP contribution in [0, 0.1) is 0 Å². The van der Waals surface area contributed by atoms with Crippen LogP contribution in [-0.2, 0) is 50.3 Å². The number of hydrogen-bond acceptors (Lipinski definition) is 14. The molecule has 11 N–H and O–H groups in total. The second-order valence-corrected chi connectivity index (χ2v) is 19.5. The first-order valence-corrected chi connectivity index (χ1v) is 26.1. The Bertz CT molecular complexity index is 2920. The lowest BCUT2D eigenvalue weighted by atomic mass is 9.77. The van der Waals surface area contributed by atoms with Gasteiger partial charge in [0.25, 0.3) is 0 Å². The first-order chi connectivity index (χ1) is 37.4. The second kappa shape index (κ2) is 26.0. The first kappa shape index (κ1) is 57.1. The molecule has 22 nitrogen and oxygen atoms in total. The van der Waals surface area contributed by atoms with E-state index >= 15 is 0 Å². The van der Waals surface area contributed by atoms with Crippen molar-refractivity contribution in [3.05, 3.63) is 113 Å². The largest absolute Gasteiger partial charge is 0.508 e. The van der Waals surface area contributed by atoms with Gasteiger partial charge in [-0.2, -0.15) is 0 Å². The van der Waals surface area contributed by atoms with Crippen molar-refractivity contribution in [3.8, 4) is 23.0 Å².